The molecule has 0 aromatic heterocycles. The first-order valence-electron chi connectivity index (χ1n) is 3.94. The SMILES string of the molecule is O=C(CCCl)Nc1ccc(F)cc1I. The molecule has 1 rings (SSSR count). The molecule has 76 valence electrons. The van der Waals surface area contributed by atoms with Gasteiger partial charge in [-0.05, 0) is 40.8 Å². The second-order valence-corrected chi connectivity index (χ2v) is 4.15. The van der Waals surface area contributed by atoms with Gasteiger partial charge < -0.3 is 5.32 Å². The van der Waals surface area contributed by atoms with Crippen LogP contribution in [0.2, 0.25) is 0 Å². The molecule has 1 aromatic rings. The van der Waals surface area contributed by atoms with Gasteiger partial charge in [-0.2, -0.15) is 0 Å². The Morgan fingerprint density at radius 3 is 2.86 bits per heavy atom. The predicted molar refractivity (Wildman–Crippen MR) is 63.1 cm³/mol. The molecule has 0 saturated carbocycles. The summed E-state index contributed by atoms with van der Waals surface area (Å²) in [6.45, 7) is 0. The lowest BCUT2D eigenvalue weighted by Gasteiger charge is -2.05. The summed E-state index contributed by atoms with van der Waals surface area (Å²) in [4.78, 5) is 11.2. The van der Waals surface area contributed by atoms with Crippen LogP contribution in [0.25, 0.3) is 0 Å². The summed E-state index contributed by atoms with van der Waals surface area (Å²) in [5, 5.41) is 2.64. The number of halogens is 3. The van der Waals surface area contributed by atoms with Crippen molar-refractivity contribution in [3.8, 4) is 0 Å². The molecule has 0 fully saturated rings. The molecule has 0 aliphatic rings. The van der Waals surface area contributed by atoms with E-state index < -0.39 is 0 Å². The summed E-state index contributed by atoms with van der Waals surface area (Å²) in [5.74, 6) is -0.196. The van der Waals surface area contributed by atoms with Crippen molar-refractivity contribution in [1.29, 1.82) is 0 Å². The maximum Gasteiger partial charge on any atom is 0.225 e. The lowest BCUT2D eigenvalue weighted by atomic mass is 10.3. The maximum atomic E-state index is 12.7. The van der Waals surface area contributed by atoms with E-state index in [9.17, 15) is 9.18 Å². The van der Waals surface area contributed by atoms with E-state index in [2.05, 4.69) is 5.32 Å². The molecule has 5 heteroatoms. The Kier molecular flexibility index (Phi) is 4.60. The van der Waals surface area contributed by atoms with Crippen LogP contribution >= 0.6 is 34.2 Å². The number of nitrogens with one attached hydrogen (secondary N) is 1. The minimum absolute atomic E-state index is 0.162. The Labute approximate surface area is 100.0 Å². The molecule has 0 radical (unpaired) electrons. The van der Waals surface area contributed by atoms with Crippen molar-refractivity contribution in [2.45, 2.75) is 6.42 Å². The second-order valence-electron chi connectivity index (χ2n) is 2.61. The molecule has 0 heterocycles. The molecule has 0 unspecified atom stereocenters. The van der Waals surface area contributed by atoms with Crippen molar-refractivity contribution in [2.24, 2.45) is 0 Å². The molecule has 0 atom stereocenters. The maximum absolute atomic E-state index is 12.7. The fraction of sp³-hybridized carbons (Fsp3) is 0.222. The largest absolute Gasteiger partial charge is 0.325 e. The highest BCUT2D eigenvalue weighted by Gasteiger charge is 2.05. The first kappa shape index (κ1) is 11.7. The van der Waals surface area contributed by atoms with E-state index in [-0.39, 0.29) is 24.0 Å². The third kappa shape index (κ3) is 3.42. The average molecular weight is 328 g/mol. The van der Waals surface area contributed by atoms with E-state index in [1.54, 1.807) is 0 Å². The zero-order valence-electron chi connectivity index (χ0n) is 7.19. The highest BCUT2D eigenvalue weighted by molar-refractivity contribution is 14.1. The zero-order valence-corrected chi connectivity index (χ0v) is 10.1. The van der Waals surface area contributed by atoms with Crippen LogP contribution in [0.5, 0.6) is 0 Å². The van der Waals surface area contributed by atoms with Gasteiger partial charge in [0, 0.05) is 15.9 Å². The fourth-order valence-electron chi connectivity index (χ4n) is 0.889. The Morgan fingerprint density at radius 2 is 2.29 bits per heavy atom. The molecule has 1 N–H and O–H groups in total. The molecule has 14 heavy (non-hydrogen) atoms. The van der Waals surface area contributed by atoms with E-state index in [0.717, 1.165) is 0 Å². The van der Waals surface area contributed by atoms with Gasteiger partial charge in [0.25, 0.3) is 0 Å². The predicted octanol–water partition coefficient (Wildman–Crippen LogP) is 3.00. The highest BCUT2D eigenvalue weighted by atomic mass is 127. The second kappa shape index (κ2) is 5.50. The molecule has 0 aliphatic carbocycles. The summed E-state index contributed by atoms with van der Waals surface area (Å²) < 4.78 is 13.4. The Morgan fingerprint density at radius 1 is 1.57 bits per heavy atom. The normalized spacial score (nSPS) is 9.93. The van der Waals surface area contributed by atoms with E-state index in [1.807, 2.05) is 22.6 Å². The number of hydrogen-bond acceptors (Lipinski definition) is 1. The van der Waals surface area contributed by atoms with Gasteiger partial charge in [0.05, 0.1) is 5.69 Å². The lowest BCUT2D eigenvalue weighted by molar-refractivity contribution is -0.115. The van der Waals surface area contributed by atoms with Crippen LogP contribution in [0, 0.1) is 9.39 Å². The molecule has 0 aliphatic heterocycles. The molecule has 1 aromatic carbocycles. The van der Waals surface area contributed by atoms with Gasteiger partial charge in [-0.1, -0.05) is 0 Å². The Bertz CT molecular complexity index is 346. The number of rotatable bonds is 3. The van der Waals surface area contributed by atoms with Crippen molar-refractivity contribution in [3.63, 3.8) is 0 Å². The molecular formula is C9H8ClFINO. The fourth-order valence-corrected chi connectivity index (χ4v) is 1.67. The Hall–Kier alpha value is -0.360. The Balaban J connectivity index is 2.72. The number of carbonyl (C=O) groups excluding carboxylic acids is 1. The number of amides is 1. The van der Waals surface area contributed by atoms with Crippen molar-refractivity contribution in [1.82, 2.24) is 0 Å². The van der Waals surface area contributed by atoms with Crippen LogP contribution in [0.3, 0.4) is 0 Å². The minimum atomic E-state index is -0.315. The first-order chi connectivity index (χ1) is 6.63. The van der Waals surface area contributed by atoms with Crippen LogP contribution in [0.15, 0.2) is 18.2 Å². The van der Waals surface area contributed by atoms with Gasteiger partial charge in [0.15, 0.2) is 0 Å². The van der Waals surface area contributed by atoms with Gasteiger partial charge >= 0.3 is 0 Å². The summed E-state index contributed by atoms with van der Waals surface area (Å²) in [5.41, 5.74) is 0.613. The van der Waals surface area contributed by atoms with Crippen LogP contribution in [0.1, 0.15) is 6.42 Å². The zero-order chi connectivity index (χ0) is 10.6. The molecule has 0 spiro atoms. The monoisotopic (exact) mass is 327 g/mol. The van der Waals surface area contributed by atoms with Gasteiger partial charge in [0.1, 0.15) is 5.82 Å². The molecule has 2 nitrogen and oxygen atoms in total. The number of benzene rings is 1. The molecular weight excluding hydrogens is 319 g/mol. The summed E-state index contributed by atoms with van der Waals surface area (Å²) in [6.07, 6.45) is 0.259. The first-order valence-corrected chi connectivity index (χ1v) is 5.55. The third-order valence-electron chi connectivity index (χ3n) is 1.53. The van der Waals surface area contributed by atoms with E-state index >= 15 is 0 Å². The van der Waals surface area contributed by atoms with Gasteiger partial charge in [-0.3, -0.25) is 4.79 Å². The average Bonchev–Trinajstić information content (AvgIpc) is 2.10. The standard InChI is InChI=1S/C9H8ClFINO/c10-4-3-9(14)13-8-2-1-6(11)5-7(8)12/h1-2,5H,3-4H2,(H,13,14). The van der Waals surface area contributed by atoms with Crippen molar-refractivity contribution >= 4 is 45.8 Å². The number of hydrogen-bond donors (Lipinski definition) is 1. The number of alkyl halides is 1. The van der Waals surface area contributed by atoms with Crippen molar-refractivity contribution < 1.29 is 9.18 Å². The van der Waals surface area contributed by atoms with Gasteiger partial charge in [-0.25, -0.2) is 4.39 Å². The summed E-state index contributed by atoms with van der Waals surface area (Å²) in [6, 6.07) is 4.19. The number of anilines is 1. The van der Waals surface area contributed by atoms with Crippen LogP contribution in [0.4, 0.5) is 10.1 Å². The van der Waals surface area contributed by atoms with Crippen molar-refractivity contribution in [3.05, 3.63) is 27.6 Å². The van der Waals surface area contributed by atoms with E-state index in [1.165, 1.54) is 18.2 Å². The highest BCUT2D eigenvalue weighted by Crippen LogP contribution is 2.19. The molecule has 0 saturated heterocycles. The van der Waals surface area contributed by atoms with Gasteiger partial charge in [-0.15, -0.1) is 11.6 Å². The number of carbonyl (C=O) groups is 1. The lowest BCUT2D eigenvalue weighted by Crippen LogP contribution is -2.12. The minimum Gasteiger partial charge on any atom is -0.325 e. The van der Waals surface area contributed by atoms with E-state index in [0.29, 0.717) is 9.26 Å². The molecule has 0 bridgehead atoms. The van der Waals surface area contributed by atoms with E-state index in [4.69, 9.17) is 11.6 Å². The van der Waals surface area contributed by atoms with Crippen LogP contribution in [-0.4, -0.2) is 11.8 Å². The third-order valence-corrected chi connectivity index (χ3v) is 2.61. The smallest absolute Gasteiger partial charge is 0.225 e. The van der Waals surface area contributed by atoms with Gasteiger partial charge in [0.2, 0.25) is 5.91 Å². The van der Waals surface area contributed by atoms with Crippen LogP contribution in [-0.2, 0) is 4.79 Å². The van der Waals surface area contributed by atoms with Crippen LogP contribution < -0.4 is 5.32 Å². The van der Waals surface area contributed by atoms with Crippen molar-refractivity contribution in [2.75, 3.05) is 11.2 Å². The topological polar surface area (TPSA) is 29.1 Å². The summed E-state index contributed by atoms with van der Waals surface area (Å²) in [7, 11) is 0. The quantitative estimate of drug-likeness (QED) is 0.671. The molecule has 1 amide bonds. The summed E-state index contributed by atoms with van der Waals surface area (Å²) >= 11 is 7.36.